The summed E-state index contributed by atoms with van der Waals surface area (Å²) in [5, 5.41) is 0. The predicted molar refractivity (Wildman–Crippen MR) is 112 cm³/mol. The zero-order chi connectivity index (χ0) is 21.4. The number of likely N-dealkylation sites (N-methyl/N-ethyl adjacent to an activating group) is 1. The fourth-order valence-electron chi connectivity index (χ4n) is 5.42. The highest BCUT2D eigenvalue weighted by Crippen LogP contribution is 2.37. The molecule has 4 atom stereocenters. The van der Waals surface area contributed by atoms with E-state index in [0.717, 1.165) is 37.9 Å². The second-order valence-electron chi connectivity index (χ2n) is 9.26. The van der Waals surface area contributed by atoms with Crippen LogP contribution in [0.3, 0.4) is 0 Å². The van der Waals surface area contributed by atoms with E-state index in [1.165, 1.54) is 7.11 Å². The summed E-state index contributed by atoms with van der Waals surface area (Å²) in [6.07, 6.45) is 3.64. The van der Waals surface area contributed by atoms with E-state index < -0.39 is 0 Å². The molecule has 0 aromatic carbocycles. The Morgan fingerprint density at radius 3 is 2.70 bits per heavy atom. The number of nitrogens with zero attached hydrogens (tertiary/aromatic N) is 3. The lowest BCUT2D eigenvalue weighted by Gasteiger charge is -2.43. The SMILES string of the molecule is COC(=O)CN(C)Cc1ccc2n(c1=O)C[C@H]1C[C@@H]2CN(C(=O)[C@@H]2CC[C@H](N)C2)C1. The normalized spacial score (nSPS) is 27.8. The van der Waals surface area contributed by atoms with Crippen LogP contribution in [-0.4, -0.2) is 66.1 Å². The van der Waals surface area contributed by atoms with Gasteiger partial charge in [-0.15, -0.1) is 0 Å². The number of piperidine rings is 1. The van der Waals surface area contributed by atoms with E-state index in [9.17, 15) is 14.4 Å². The van der Waals surface area contributed by atoms with Gasteiger partial charge in [0.05, 0.1) is 13.7 Å². The summed E-state index contributed by atoms with van der Waals surface area (Å²) in [6, 6.07) is 4.06. The monoisotopic (exact) mass is 416 g/mol. The van der Waals surface area contributed by atoms with E-state index in [1.807, 2.05) is 21.6 Å². The van der Waals surface area contributed by atoms with Gasteiger partial charge in [0, 0.05) is 55.3 Å². The molecular formula is C22H32N4O4. The number of carbonyl (C=O) groups is 2. The highest BCUT2D eigenvalue weighted by molar-refractivity contribution is 5.79. The van der Waals surface area contributed by atoms with E-state index in [-0.39, 0.29) is 41.9 Å². The maximum Gasteiger partial charge on any atom is 0.319 e. The Kier molecular flexibility index (Phi) is 5.97. The lowest BCUT2D eigenvalue weighted by molar-refractivity contribution is -0.141. The summed E-state index contributed by atoms with van der Waals surface area (Å²) in [7, 11) is 3.16. The molecule has 2 bridgehead atoms. The van der Waals surface area contributed by atoms with Crippen molar-refractivity contribution in [2.75, 3.05) is 33.8 Å². The molecule has 1 aromatic rings. The van der Waals surface area contributed by atoms with Gasteiger partial charge in [-0.05, 0) is 44.7 Å². The van der Waals surface area contributed by atoms with Crippen molar-refractivity contribution in [3.63, 3.8) is 0 Å². The van der Waals surface area contributed by atoms with E-state index in [4.69, 9.17) is 10.5 Å². The number of carbonyl (C=O) groups excluding carboxylic acids is 2. The van der Waals surface area contributed by atoms with Gasteiger partial charge in [-0.2, -0.15) is 0 Å². The third kappa shape index (κ3) is 4.16. The van der Waals surface area contributed by atoms with Gasteiger partial charge in [0.2, 0.25) is 5.91 Å². The van der Waals surface area contributed by atoms with Gasteiger partial charge in [-0.25, -0.2) is 0 Å². The van der Waals surface area contributed by atoms with Crippen molar-refractivity contribution in [2.45, 2.75) is 50.7 Å². The Labute approximate surface area is 177 Å². The van der Waals surface area contributed by atoms with Crippen LogP contribution in [0.1, 0.15) is 42.9 Å². The molecule has 1 saturated heterocycles. The van der Waals surface area contributed by atoms with Gasteiger partial charge in [-0.3, -0.25) is 19.3 Å². The molecular weight excluding hydrogens is 384 g/mol. The number of esters is 1. The highest BCUT2D eigenvalue weighted by Gasteiger charge is 2.39. The summed E-state index contributed by atoms with van der Waals surface area (Å²) in [4.78, 5) is 41.4. The van der Waals surface area contributed by atoms with Gasteiger partial charge in [0.1, 0.15) is 0 Å². The van der Waals surface area contributed by atoms with Crippen LogP contribution in [0.2, 0.25) is 0 Å². The Hall–Kier alpha value is -2.19. The number of methoxy groups -OCH3 is 1. The number of likely N-dealkylation sites (tertiary alicyclic amines) is 1. The first-order chi connectivity index (χ1) is 14.4. The Morgan fingerprint density at radius 2 is 2.00 bits per heavy atom. The molecule has 1 amide bonds. The quantitative estimate of drug-likeness (QED) is 0.703. The molecule has 2 N–H and O–H groups in total. The summed E-state index contributed by atoms with van der Waals surface area (Å²) in [5.74, 6) is 0.489. The third-order valence-corrected chi connectivity index (χ3v) is 6.88. The second-order valence-corrected chi connectivity index (χ2v) is 9.26. The first kappa shape index (κ1) is 21.1. The fourth-order valence-corrected chi connectivity index (χ4v) is 5.42. The zero-order valence-electron chi connectivity index (χ0n) is 17.9. The van der Waals surface area contributed by atoms with Crippen molar-refractivity contribution >= 4 is 11.9 Å². The van der Waals surface area contributed by atoms with Crippen LogP contribution < -0.4 is 11.3 Å². The van der Waals surface area contributed by atoms with Gasteiger partial charge >= 0.3 is 5.97 Å². The standard InChI is InChI=1S/C22H32N4O4/c1-24(13-20(27)30-2)11-16-4-6-19-17-7-14(10-26(19)22(16)29)9-25(12-17)21(28)15-3-5-18(23)8-15/h4,6,14-15,17-18H,3,5,7-13,23H2,1-2H3/t14-,15+,17+,18-/m0/s1. The van der Waals surface area contributed by atoms with E-state index in [1.54, 1.807) is 11.9 Å². The summed E-state index contributed by atoms with van der Waals surface area (Å²) < 4.78 is 6.59. The smallest absolute Gasteiger partial charge is 0.319 e. The van der Waals surface area contributed by atoms with Gasteiger partial charge < -0.3 is 19.9 Å². The Balaban J connectivity index is 1.49. The molecule has 164 valence electrons. The molecule has 0 unspecified atom stereocenters. The third-order valence-electron chi connectivity index (χ3n) is 6.88. The van der Waals surface area contributed by atoms with Gasteiger partial charge in [-0.1, -0.05) is 6.07 Å². The predicted octanol–water partition coefficient (Wildman–Crippen LogP) is 0.526. The maximum absolute atomic E-state index is 13.1. The molecule has 8 heteroatoms. The topological polar surface area (TPSA) is 97.9 Å². The number of pyridine rings is 1. The maximum atomic E-state index is 13.1. The van der Waals surface area contributed by atoms with Crippen LogP contribution >= 0.6 is 0 Å². The number of fused-ring (bicyclic) bond motifs is 4. The number of amides is 1. The van der Waals surface area contributed by atoms with Crippen molar-refractivity contribution in [1.82, 2.24) is 14.4 Å². The van der Waals surface area contributed by atoms with Crippen LogP contribution in [0.25, 0.3) is 0 Å². The second kappa shape index (κ2) is 8.51. The molecule has 1 saturated carbocycles. The van der Waals surface area contributed by atoms with Crippen molar-refractivity contribution < 1.29 is 14.3 Å². The van der Waals surface area contributed by atoms with Crippen LogP contribution in [0.4, 0.5) is 0 Å². The molecule has 8 nitrogen and oxygen atoms in total. The van der Waals surface area contributed by atoms with E-state index in [0.29, 0.717) is 31.1 Å². The molecule has 2 fully saturated rings. The molecule has 2 aliphatic heterocycles. The lowest BCUT2D eigenvalue weighted by Crippen LogP contribution is -2.50. The lowest BCUT2D eigenvalue weighted by atomic mass is 9.82. The minimum atomic E-state index is -0.321. The van der Waals surface area contributed by atoms with Crippen LogP contribution in [0.5, 0.6) is 0 Å². The fraction of sp³-hybridized carbons (Fsp3) is 0.682. The van der Waals surface area contributed by atoms with Crippen molar-refractivity contribution in [2.24, 2.45) is 17.6 Å². The Morgan fingerprint density at radius 1 is 1.20 bits per heavy atom. The molecule has 1 aromatic heterocycles. The molecule has 1 aliphatic carbocycles. The summed E-state index contributed by atoms with van der Waals surface area (Å²) in [5.41, 5.74) is 7.73. The van der Waals surface area contributed by atoms with E-state index >= 15 is 0 Å². The zero-order valence-corrected chi connectivity index (χ0v) is 17.9. The van der Waals surface area contributed by atoms with Crippen LogP contribution in [-0.2, 0) is 27.4 Å². The van der Waals surface area contributed by atoms with Crippen LogP contribution in [0.15, 0.2) is 16.9 Å². The largest absolute Gasteiger partial charge is 0.468 e. The molecule has 4 rings (SSSR count). The molecule has 30 heavy (non-hydrogen) atoms. The number of nitrogens with two attached hydrogens (primary N) is 1. The summed E-state index contributed by atoms with van der Waals surface area (Å²) >= 11 is 0. The Bertz CT molecular complexity index is 882. The number of rotatable bonds is 5. The molecule has 3 aliphatic rings. The average molecular weight is 417 g/mol. The number of ether oxygens (including phenoxy) is 1. The van der Waals surface area contributed by atoms with Gasteiger partial charge in [0.15, 0.2) is 0 Å². The van der Waals surface area contributed by atoms with Crippen molar-refractivity contribution in [1.29, 1.82) is 0 Å². The molecule has 0 radical (unpaired) electrons. The minimum Gasteiger partial charge on any atom is -0.468 e. The molecule has 0 spiro atoms. The number of hydrogen-bond acceptors (Lipinski definition) is 6. The summed E-state index contributed by atoms with van der Waals surface area (Å²) in [6.45, 7) is 2.59. The van der Waals surface area contributed by atoms with Crippen molar-refractivity contribution in [3.8, 4) is 0 Å². The molecule has 3 heterocycles. The van der Waals surface area contributed by atoms with E-state index in [2.05, 4.69) is 0 Å². The number of aromatic nitrogens is 1. The first-order valence-electron chi connectivity index (χ1n) is 10.9. The van der Waals surface area contributed by atoms with Crippen LogP contribution in [0, 0.1) is 11.8 Å². The first-order valence-corrected chi connectivity index (χ1v) is 10.9. The average Bonchev–Trinajstić information content (AvgIpc) is 3.16. The highest BCUT2D eigenvalue weighted by atomic mass is 16.5. The van der Waals surface area contributed by atoms with Gasteiger partial charge in [0.25, 0.3) is 5.56 Å². The number of hydrogen-bond donors (Lipinski definition) is 1. The minimum absolute atomic E-state index is 0.0143. The van der Waals surface area contributed by atoms with Crippen molar-refractivity contribution in [3.05, 3.63) is 33.7 Å².